The molecule has 6 aromatic carbocycles. The van der Waals surface area contributed by atoms with Gasteiger partial charge in [-0.1, -0.05) is 146 Å². The van der Waals surface area contributed by atoms with Crippen molar-refractivity contribution in [1.82, 2.24) is 0 Å². The highest BCUT2D eigenvalue weighted by atomic mass is 32.1. The summed E-state index contributed by atoms with van der Waals surface area (Å²) in [5.74, 6) is 0.367. The summed E-state index contributed by atoms with van der Waals surface area (Å²) in [7, 11) is 0. The van der Waals surface area contributed by atoms with Gasteiger partial charge in [0.15, 0.2) is 0 Å². The first-order valence-electron chi connectivity index (χ1n) is 17.8. The van der Waals surface area contributed by atoms with Gasteiger partial charge in [-0.25, -0.2) is 0 Å². The molecule has 246 valence electrons. The van der Waals surface area contributed by atoms with Gasteiger partial charge >= 0.3 is 0 Å². The van der Waals surface area contributed by atoms with E-state index in [2.05, 4.69) is 139 Å². The molecule has 2 aliphatic carbocycles. The highest BCUT2D eigenvalue weighted by molar-refractivity contribution is 7.21. The molecule has 0 fully saturated rings. The number of aliphatic hydroxyl groups is 1. The third kappa shape index (κ3) is 5.90. The molecule has 0 unspecified atom stereocenters. The first-order valence-corrected chi connectivity index (χ1v) is 18.6. The van der Waals surface area contributed by atoms with Crippen molar-refractivity contribution in [2.24, 2.45) is 0 Å². The van der Waals surface area contributed by atoms with Gasteiger partial charge < -0.3 is 10.4 Å². The van der Waals surface area contributed by atoms with Gasteiger partial charge in [-0.3, -0.25) is 0 Å². The summed E-state index contributed by atoms with van der Waals surface area (Å²) in [6, 6.07) is 53.7. The fourth-order valence-corrected chi connectivity index (χ4v) is 9.10. The Bertz CT molecular complexity index is 2470. The summed E-state index contributed by atoms with van der Waals surface area (Å²) in [6.45, 7) is 0. The van der Waals surface area contributed by atoms with Crippen LogP contribution in [0.1, 0.15) is 46.4 Å². The van der Waals surface area contributed by atoms with Crippen LogP contribution in [0.4, 0.5) is 11.4 Å². The maximum atomic E-state index is 11.5. The van der Waals surface area contributed by atoms with Gasteiger partial charge in [-0.05, 0) is 93.8 Å². The van der Waals surface area contributed by atoms with Crippen LogP contribution in [0.3, 0.4) is 0 Å². The molecular formula is C48H37NOS. The Labute approximate surface area is 303 Å². The first-order chi connectivity index (χ1) is 25.2. The average molecular weight is 676 g/mol. The summed E-state index contributed by atoms with van der Waals surface area (Å²) in [4.78, 5) is 1.40. The number of aliphatic hydroxyl groups excluding tert-OH is 1. The minimum atomic E-state index is 0.367. The summed E-state index contributed by atoms with van der Waals surface area (Å²) in [5.41, 5.74) is 15.0. The molecule has 0 amide bonds. The van der Waals surface area contributed by atoms with E-state index in [1.165, 1.54) is 53.9 Å². The lowest BCUT2D eigenvalue weighted by Crippen LogP contribution is -2.03. The van der Waals surface area contributed by atoms with Crippen molar-refractivity contribution in [2.45, 2.75) is 25.7 Å². The minimum absolute atomic E-state index is 0.367. The summed E-state index contributed by atoms with van der Waals surface area (Å²) < 4.78 is 1.35. The van der Waals surface area contributed by atoms with E-state index in [9.17, 15) is 5.11 Å². The van der Waals surface area contributed by atoms with Gasteiger partial charge in [-0.15, -0.1) is 11.3 Å². The van der Waals surface area contributed by atoms with Crippen LogP contribution in [0.15, 0.2) is 170 Å². The van der Waals surface area contributed by atoms with Crippen molar-refractivity contribution < 1.29 is 5.11 Å². The molecule has 0 spiro atoms. The third-order valence-electron chi connectivity index (χ3n) is 10.2. The number of allylic oxidation sites excluding steroid dienone is 4. The van der Waals surface area contributed by atoms with E-state index < -0.39 is 0 Å². The number of nitrogens with one attached hydrogen (secondary N) is 1. The van der Waals surface area contributed by atoms with Gasteiger partial charge in [0, 0.05) is 37.7 Å². The normalized spacial score (nSPS) is 14.2. The first kappa shape index (κ1) is 31.1. The van der Waals surface area contributed by atoms with Gasteiger partial charge in [0.05, 0.1) is 0 Å². The number of aryl methyl sites for hydroxylation is 1. The topological polar surface area (TPSA) is 32.3 Å². The molecule has 2 aliphatic rings. The monoisotopic (exact) mass is 675 g/mol. The molecule has 7 aromatic rings. The molecule has 2 N–H and O–H groups in total. The van der Waals surface area contributed by atoms with Crippen LogP contribution in [0.2, 0.25) is 0 Å². The number of anilines is 2. The summed E-state index contributed by atoms with van der Waals surface area (Å²) in [6.07, 6.45) is 8.43. The van der Waals surface area contributed by atoms with Crippen molar-refractivity contribution in [3.05, 3.63) is 197 Å². The van der Waals surface area contributed by atoms with Crippen molar-refractivity contribution in [1.29, 1.82) is 0 Å². The van der Waals surface area contributed by atoms with Gasteiger partial charge in [0.1, 0.15) is 5.76 Å². The summed E-state index contributed by atoms with van der Waals surface area (Å²) >= 11 is 1.93. The Morgan fingerprint density at radius 3 is 1.88 bits per heavy atom. The van der Waals surface area contributed by atoms with Gasteiger partial charge in [0.2, 0.25) is 0 Å². The number of rotatable bonds is 7. The Hall–Kier alpha value is -5.90. The molecular weight excluding hydrogens is 639 g/mol. The quantitative estimate of drug-likeness (QED) is 0.176. The van der Waals surface area contributed by atoms with E-state index >= 15 is 0 Å². The lowest BCUT2D eigenvalue weighted by molar-refractivity contribution is 0.436. The maximum Gasteiger partial charge on any atom is 0.126 e. The molecule has 0 saturated carbocycles. The second-order valence-electron chi connectivity index (χ2n) is 13.3. The van der Waals surface area contributed by atoms with E-state index in [0.717, 1.165) is 59.3 Å². The molecule has 0 aliphatic heterocycles. The molecule has 0 radical (unpaired) electrons. The minimum Gasteiger partial charge on any atom is -0.507 e. The highest BCUT2D eigenvalue weighted by Gasteiger charge is 2.23. The Balaban J connectivity index is 0.998. The number of benzene rings is 6. The van der Waals surface area contributed by atoms with E-state index in [0.29, 0.717) is 5.76 Å². The van der Waals surface area contributed by atoms with E-state index in [4.69, 9.17) is 0 Å². The van der Waals surface area contributed by atoms with Crippen molar-refractivity contribution in [3.8, 4) is 22.3 Å². The van der Waals surface area contributed by atoms with Crippen molar-refractivity contribution in [2.75, 3.05) is 5.32 Å². The van der Waals surface area contributed by atoms with Gasteiger partial charge in [0.25, 0.3) is 0 Å². The third-order valence-corrected chi connectivity index (χ3v) is 11.5. The van der Waals surface area contributed by atoms with Crippen LogP contribution in [0, 0.1) is 0 Å². The molecule has 9 rings (SSSR count). The fourth-order valence-electron chi connectivity index (χ4n) is 7.65. The predicted octanol–water partition coefficient (Wildman–Crippen LogP) is 13.5. The second kappa shape index (κ2) is 13.4. The molecule has 2 nitrogen and oxygen atoms in total. The Morgan fingerprint density at radius 2 is 1.10 bits per heavy atom. The zero-order valence-corrected chi connectivity index (χ0v) is 29.1. The van der Waals surface area contributed by atoms with Crippen LogP contribution >= 0.6 is 11.3 Å². The maximum absolute atomic E-state index is 11.5. The zero-order valence-electron chi connectivity index (χ0n) is 28.3. The Morgan fingerprint density at radius 1 is 0.490 bits per heavy atom. The van der Waals surface area contributed by atoms with Gasteiger partial charge in [-0.2, -0.15) is 0 Å². The molecule has 1 aromatic heterocycles. The molecule has 3 heteroatoms. The molecule has 0 atom stereocenters. The predicted molar refractivity (Wildman–Crippen MR) is 217 cm³/mol. The van der Waals surface area contributed by atoms with Crippen LogP contribution in [0.5, 0.6) is 0 Å². The number of para-hydroxylation sites is 1. The average Bonchev–Trinajstić information content (AvgIpc) is 3.59. The standard InChI is InChI=1S/C48H37NOS/c50-46-38(34-14-5-2-6-15-34)17-9-20-42(46)41-16-7-8-23-45(41)49-37-30-28-36(29-31-37)40-19-11-22-44-43-21-10-18-39(47(43)51-48(40)44)35-26-24-33(25-27-35)32-12-3-1-4-13-32/h1-8,11-16,18-20,22-31,49-50H,9-10,17,21H2. The molecule has 0 saturated heterocycles. The zero-order chi connectivity index (χ0) is 34.1. The number of thiophene rings is 1. The SMILES string of the molecule is OC1=C(c2ccccc2)CCC=C1c1ccccc1Nc1ccc(-c2cccc3c4c(sc23)C(c2ccc(-c3ccccc3)cc2)=CCC4)cc1. The number of hydrogen-bond acceptors (Lipinski definition) is 3. The lowest BCUT2D eigenvalue weighted by atomic mass is 9.88. The van der Waals surface area contributed by atoms with Crippen LogP contribution in [-0.4, -0.2) is 5.11 Å². The van der Waals surface area contributed by atoms with E-state index in [1.807, 2.05) is 41.7 Å². The van der Waals surface area contributed by atoms with Crippen LogP contribution in [-0.2, 0) is 6.42 Å². The second-order valence-corrected chi connectivity index (χ2v) is 14.3. The molecule has 0 bridgehead atoms. The van der Waals surface area contributed by atoms with Crippen LogP contribution < -0.4 is 5.32 Å². The van der Waals surface area contributed by atoms with E-state index in [-0.39, 0.29) is 0 Å². The number of fused-ring (bicyclic) bond motifs is 3. The molecule has 51 heavy (non-hydrogen) atoms. The van der Waals surface area contributed by atoms with Crippen molar-refractivity contribution >= 4 is 49.5 Å². The smallest absolute Gasteiger partial charge is 0.126 e. The highest BCUT2D eigenvalue weighted by Crippen LogP contribution is 2.46. The lowest BCUT2D eigenvalue weighted by Gasteiger charge is -2.21. The largest absolute Gasteiger partial charge is 0.507 e. The van der Waals surface area contributed by atoms with Crippen molar-refractivity contribution in [3.63, 3.8) is 0 Å². The summed E-state index contributed by atoms with van der Waals surface area (Å²) in [5, 5.41) is 16.5. The Kier molecular flexibility index (Phi) is 8.19. The molecule has 1 heterocycles. The van der Waals surface area contributed by atoms with Crippen LogP contribution in [0.25, 0.3) is 49.1 Å². The fraction of sp³-hybridized carbons (Fsp3) is 0.0833. The van der Waals surface area contributed by atoms with E-state index in [1.54, 1.807) is 0 Å². The number of hydrogen-bond donors (Lipinski definition) is 2.